The van der Waals surface area contributed by atoms with E-state index in [4.69, 9.17) is 9.47 Å². The third kappa shape index (κ3) is 5.65. The van der Waals surface area contributed by atoms with Gasteiger partial charge in [0, 0.05) is 0 Å². The van der Waals surface area contributed by atoms with Crippen molar-refractivity contribution in [2.45, 2.75) is 13.5 Å². The van der Waals surface area contributed by atoms with Crippen LogP contribution in [0.3, 0.4) is 0 Å². The van der Waals surface area contributed by atoms with Gasteiger partial charge in [-0.25, -0.2) is 9.18 Å². The molecule has 3 aromatic carbocycles. The number of para-hydroxylation sites is 2. The topological polar surface area (TPSA) is 64.6 Å². The largest absolute Gasteiger partial charge is 0.483 e. The molecule has 6 heteroatoms. The Bertz CT molecular complexity index is 1000. The van der Waals surface area contributed by atoms with Crippen molar-refractivity contribution in [3.05, 3.63) is 95.3 Å². The predicted octanol–water partition coefficient (Wildman–Crippen LogP) is 4.51. The maximum absolute atomic E-state index is 13.6. The van der Waals surface area contributed by atoms with Crippen molar-refractivity contribution in [3.63, 3.8) is 0 Å². The zero-order valence-corrected chi connectivity index (χ0v) is 15.9. The van der Waals surface area contributed by atoms with Crippen LogP contribution in [-0.4, -0.2) is 18.5 Å². The second kappa shape index (κ2) is 9.50. The molecule has 3 aromatic rings. The minimum atomic E-state index is -0.560. The van der Waals surface area contributed by atoms with Gasteiger partial charge in [-0.15, -0.1) is 0 Å². The van der Waals surface area contributed by atoms with Crippen LogP contribution in [0.4, 0.5) is 10.1 Å². The normalized spacial score (nSPS) is 10.3. The van der Waals surface area contributed by atoms with Crippen LogP contribution in [0.25, 0.3) is 0 Å². The van der Waals surface area contributed by atoms with Crippen LogP contribution >= 0.6 is 0 Å². The minimum absolute atomic E-state index is 0.0619. The highest BCUT2D eigenvalue weighted by Gasteiger charge is 2.15. The number of benzene rings is 3. The van der Waals surface area contributed by atoms with Crippen LogP contribution in [0.1, 0.15) is 21.5 Å². The zero-order valence-electron chi connectivity index (χ0n) is 15.9. The van der Waals surface area contributed by atoms with E-state index in [2.05, 4.69) is 5.32 Å². The predicted molar refractivity (Wildman–Crippen MR) is 107 cm³/mol. The van der Waals surface area contributed by atoms with E-state index < -0.39 is 17.7 Å². The van der Waals surface area contributed by atoms with Crippen LogP contribution < -0.4 is 10.1 Å². The van der Waals surface area contributed by atoms with Gasteiger partial charge in [0.25, 0.3) is 5.91 Å². The number of rotatable bonds is 7. The molecule has 0 radical (unpaired) electrons. The van der Waals surface area contributed by atoms with Gasteiger partial charge in [-0.05, 0) is 36.8 Å². The number of carbonyl (C=O) groups excluding carboxylic acids is 2. The zero-order chi connectivity index (χ0) is 20.6. The number of esters is 1. The van der Waals surface area contributed by atoms with Gasteiger partial charge in [-0.3, -0.25) is 4.79 Å². The molecule has 0 fully saturated rings. The highest BCUT2D eigenvalue weighted by molar-refractivity contribution is 5.94. The number of aryl methyl sites for hydroxylation is 1. The first-order chi connectivity index (χ1) is 14.0. The Labute approximate surface area is 168 Å². The van der Waals surface area contributed by atoms with Gasteiger partial charge in [0.05, 0.1) is 5.69 Å². The Morgan fingerprint density at radius 2 is 1.62 bits per heavy atom. The third-order valence-corrected chi connectivity index (χ3v) is 4.10. The van der Waals surface area contributed by atoms with Crippen molar-refractivity contribution in [1.82, 2.24) is 0 Å². The summed E-state index contributed by atoms with van der Waals surface area (Å²) in [5.74, 6) is -1.43. The number of halogens is 1. The second-order valence-electron chi connectivity index (χ2n) is 6.37. The number of anilines is 1. The first kappa shape index (κ1) is 20.1. The molecule has 29 heavy (non-hydrogen) atoms. The van der Waals surface area contributed by atoms with Crippen molar-refractivity contribution in [1.29, 1.82) is 0 Å². The lowest BCUT2D eigenvalue weighted by Crippen LogP contribution is -2.21. The van der Waals surface area contributed by atoms with Crippen LogP contribution in [0.2, 0.25) is 0 Å². The number of nitrogens with one attached hydrogen (secondary N) is 1. The smallest absolute Gasteiger partial charge is 0.342 e. The second-order valence-corrected chi connectivity index (χ2v) is 6.37. The number of amides is 1. The fourth-order valence-electron chi connectivity index (χ4n) is 2.56. The van der Waals surface area contributed by atoms with Crippen LogP contribution in [-0.2, 0) is 16.1 Å². The molecule has 0 aliphatic rings. The molecule has 0 aliphatic heterocycles. The van der Waals surface area contributed by atoms with Gasteiger partial charge < -0.3 is 14.8 Å². The Hall–Kier alpha value is -3.67. The molecule has 1 amide bonds. The quantitative estimate of drug-likeness (QED) is 0.600. The minimum Gasteiger partial charge on any atom is -0.483 e. The summed E-state index contributed by atoms with van der Waals surface area (Å²) in [6.45, 7) is 1.73. The monoisotopic (exact) mass is 393 g/mol. The van der Waals surface area contributed by atoms with E-state index in [0.717, 1.165) is 11.1 Å². The number of hydrogen-bond donors (Lipinski definition) is 1. The van der Waals surface area contributed by atoms with Crippen LogP contribution in [0.5, 0.6) is 5.75 Å². The molecule has 0 aliphatic carbocycles. The van der Waals surface area contributed by atoms with E-state index in [-0.39, 0.29) is 30.2 Å². The molecular weight excluding hydrogens is 373 g/mol. The molecule has 0 atom stereocenters. The summed E-state index contributed by atoms with van der Waals surface area (Å²) in [7, 11) is 0. The van der Waals surface area contributed by atoms with Crippen molar-refractivity contribution in [2.75, 3.05) is 11.9 Å². The lowest BCUT2D eigenvalue weighted by Gasteiger charge is -2.12. The summed E-state index contributed by atoms with van der Waals surface area (Å²) in [6.07, 6.45) is 0. The van der Waals surface area contributed by atoms with Crippen LogP contribution in [0, 0.1) is 12.7 Å². The molecule has 0 spiro atoms. The van der Waals surface area contributed by atoms with Gasteiger partial charge in [0.1, 0.15) is 23.7 Å². The van der Waals surface area contributed by atoms with E-state index >= 15 is 0 Å². The summed E-state index contributed by atoms with van der Waals surface area (Å²) in [4.78, 5) is 24.5. The highest BCUT2D eigenvalue weighted by Crippen LogP contribution is 2.20. The van der Waals surface area contributed by atoms with Crippen molar-refractivity contribution >= 4 is 17.6 Å². The third-order valence-electron chi connectivity index (χ3n) is 4.10. The average Bonchev–Trinajstić information content (AvgIpc) is 2.73. The highest BCUT2D eigenvalue weighted by atomic mass is 19.1. The fraction of sp³-hybridized carbons (Fsp3) is 0.130. The first-order valence-corrected chi connectivity index (χ1v) is 9.02. The van der Waals surface area contributed by atoms with E-state index in [0.29, 0.717) is 0 Å². The Morgan fingerprint density at radius 1 is 0.931 bits per heavy atom. The average molecular weight is 393 g/mol. The molecule has 0 unspecified atom stereocenters. The van der Waals surface area contributed by atoms with E-state index in [1.807, 2.05) is 31.2 Å². The van der Waals surface area contributed by atoms with Gasteiger partial charge >= 0.3 is 5.97 Å². The lowest BCUT2D eigenvalue weighted by molar-refractivity contribution is -0.118. The molecule has 0 saturated heterocycles. The summed E-state index contributed by atoms with van der Waals surface area (Å²) < 4.78 is 24.4. The maximum Gasteiger partial charge on any atom is 0.342 e. The summed E-state index contributed by atoms with van der Waals surface area (Å²) >= 11 is 0. The van der Waals surface area contributed by atoms with Gasteiger partial charge in [-0.1, -0.05) is 54.1 Å². The number of hydrogen-bond acceptors (Lipinski definition) is 4. The van der Waals surface area contributed by atoms with Crippen molar-refractivity contribution in [3.8, 4) is 5.75 Å². The van der Waals surface area contributed by atoms with Gasteiger partial charge in [-0.2, -0.15) is 0 Å². The molecule has 0 saturated carbocycles. The lowest BCUT2D eigenvalue weighted by atomic mass is 10.1. The standard InChI is InChI=1S/C23H20FNO4/c1-16-10-12-17(13-11-16)14-29-23(27)18-6-2-5-9-21(18)28-15-22(26)25-20-8-4-3-7-19(20)24/h2-13H,14-15H2,1H3,(H,25,26). The molecule has 148 valence electrons. The SMILES string of the molecule is Cc1ccc(COC(=O)c2ccccc2OCC(=O)Nc2ccccc2F)cc1. The number of carbonyl (C=O) groups is 2. The molecule has 0 heterocycles. The van der Waals surface area contributed by atoms with Gasteiger partial charge in [0.15, 0.2) is 6.61 Å². The molecule has 5 nitrogen and oxygen atoms in total. The molecule has 1 N–H and O–H groups in total. The number of ether oxygens (including phenoxy) is 2. The summed E-state index contributed by atoms with van der Waals surface area (Å²) in [6, 6.07) is 20.0. The summed E-state index contributed by atoms with van der Waals surface area (Å²) in [5, 5.41) is 2.43. The molecule has 3 rings (SSSR count). The van der Waals surface area contributed by atoms with Crippen molar-refractivity contribution < 1.29 is 23.5 Å². The Balaban J connectivity index is 1.59. The van der Waals surface area contributed by atoms with Crippen molar-refractivity contribution in [2.24, 2.45) is 0 Å². The fourth-order valence-corrected chi connectivity index (χ4v) is 2.56. The van der Waals surface area contributed by atoms with Gasteiger partial charge in [0.2, 0.25) is 0 Å². The maximum atomic E-state index is 13.6. The van der Waals surface area contributed by atoms with E-state index in [1.165, 1.54) is 18.2 Å². The van der Waals surface area contributed by atoms with Crippen LogP contribution in [0.15, 0.2) is 72.8 Å². The Kier molecular flexibility index (Phi) is 6.58. The Morgan fingerprint density at radius 3 is 2.38 bits per heavy atom. The first-order valence-electron chi connectivity index (χ1n) is 9.02. The summed E-state index contributed by atoms with van der Waals surface area (Å²) in [5.41, 5.74) is 2.25. The molecule has 0 aromatic heterocycles. The molecular formula is C23H20FNO4. The van der Waals surface area contributed by atoms with E-state index in [1.54, 1.807) is 30.3 Å². The van der Waals surface area contributed by atoms with E-state index in [9.17, 15) is 14.0 Å². The molecule has 0 bridgehead atoms.